The molecule has 0 aliphatic rings. The highest BCUT2D eigenvalue weighted by Crippen LogP contribution is 2.18. The summed E-state index contributed by atoms with van der Waals surface area (Å²) in [6.07, 6.45) is 1.02. The van der Waals surface area contributed by atoms with Gasteiger partial charge in [-0.2, -0.15) is 0 Å². The van der Waals surface area contributed by atoms with Gasteiger partial charge in [-0.05, 0) is 42.2 Å². The Morgan fingerprint density at radius 3 is 2.36 bits per heavy atom. The van der Waals surface area contributed by atoms with Gasteiger partial charge in [0.1, 0.15) is 6.66 Å². The van der Waals surface area contributed by atoms with Crippen molar-refractivity contribution in [2.45, 2.75) is 20.0 Å². The molecule has 0 aromatic heterocycles. The monoisotopic (exact) mass is 315 g/mol. The number of ketones is 1. The second-order valence-electron chi connectivity index (χ2n) is 5.36. The van der Waals surface area contributed by atoms with E-state index in [2.05, 4.69) is 12.1 Å². The van der Waals surface area contributed by atoms with Gasteiger partial charge in [0.05, 0.1) is 6.61 Å². The molecule has 0 bridgehead atoms. The summed E-state index contributed by atoms with van der Waals surface area (Å²) in [6.45, 7) is 3.58. The molecule has 0 aliphatic carbocycles. The highest BCUT2D eigenvalue weighted by Gasteiger charge is 2.09. The number of rotatable bonds is 7. The van der Waals surface area contributed by atoms with E-state index in [1.165, 1.54) is 5.56 Å². The summed E-state index contributed by atoms with van der Waals surface area (Å²) in [5, 5.41) is 0. The van der Waals surface area contributed by atoms with Crippen LogP contribution in [0.25, 0.3) is 0 Å². The molecule has 0 amide bonds. The second-order valence-corrected chi connectivity index (χ2v) is 6.88. The van der Waals surface area contributed by atoms with Crippen LogP contribution in [0.5, 0.6) is 0 Å². The normalized spacial score (nSPS) is 11.3. The van der Waals surface area contributed by atoms with Crippen LogP contribution in [0, 0.1) is 0 Å². The lowest BCUT2D eigenvalue weighted by Crippen LogP contribution is -2.00. The number of hydrogen-bond acceptors (Lipinski definition) is 3. The van der Waals surface area contributed by atoms with Crippen LogP contribution in [0.3, 0.4) is 0 Å². The molecule has 2 aromatic carbocycles. The van der Waals surface area contributed by atoms with Gasteiger partial charge in [-0.25, -0.2) is 0 Å². The smallest absolute Gasteiger partial charge is 0.333 e. The van der Waals surface area contributed by atoms with Gasteiger partial charge in [0, 0.05) is 5.56 Å². The molecule has 1 atom stereocenters. The molecule has 0 aliphatic heterocycles. The van der Waals surface area contributed by atoms with Gasteiger partial charge in [0.2, 0.25) is 6.35 Å². The molecular formula is C18H20O3P+. The Morgan fingerprint density at radius 1 is 1.05 bits per heavy atom. The van der Waals surface area contributed by atoms with E-state index in [0.29, 0.717) is 12.2 Å². The van der Waals surface area contributed by atoms with Crippen molar-refractivity contribution >= 4 is 13.6 Å². The van der Waals surface area contributed by atoms with E-state index in [1.54, 1.807) is 13.6 Å². The van der Waals surface area contributed by atoms with Crippen LogP contribution in [0.4, 0.5) is 0 Å². The maximum atomic E-state index is 11.7. The summed E-state index contributed by atoms with van der Waals surface area (Å²) < 4.78 is 16.5. The zero-order chi connectivity index (χ0) is 15.9. The molecule has 0 heterocycles. The Balaban J connectivity index is 2.19. The zero-order valence-electron chi connectivity index (χ0n) is 12.9. The van der Waals surface area contributed by atoms with Crippen LogP contribution in [0.1, 0.15) is 34.0 Å². The third-order valence-corrected chi connectivity index (χ3v) is 3.80. The standard InChI is InChI=1S/C18H20O3P/c1-14(19)18-10-16(8-15-6-4-3-5-7-15)9-17(11-18)12-21-13-22(2)20/h3-7,9-11H,8,12-13H2,1-2H3/q+1. The fraction of sp³-hybridized carbons (Fsp3) is 0.278. The summed E-state index contributed by atoms with van der Waals surface area (Å²) in [7, 11) is -1.30. The van der Waals surface area contributed by atoms with Crippen LogP contribution >= 0.6 is 7.80 Å². The van der Waals surface area contributed by atoms with Crippen LogP contribution in [-0.4, -0.2) is 18.8 Å². The molecular weight excluding hydrogens is 295 g/mol. The van der Waals surface area contributed by atoms with Crippen molar-refractivity contribution in [1.29, 1.82) is 0 Å². The van der Waals surface area contributed by atoms with Gasteiger partial charge in [-0.1, -0.05) is 41.0 Å². The van der Waals surface area contributed by atoms with Gasteiger partial charge in [-0.15, -0.1) is 0 Å². The Morgan fingerprint density at radius 2 is 1.73 bits per heavy atom. The third-order valence-electron chi connectivity index (χ3n) is 3.25. The first-order valence-electron chi connectivity index (χ1n) is 7.18. The summed E-state index contributed by atoms with van der Waals surface area (Å²) in [5.41, 5.74) is 3.91. The molecule has 0 saturated carbocycles. The predicted octanol–water partition coefficient (Wildman–Crippen LogP) is 4.41. The highest BCUT2D eigenvalue weighted by molar-refractivity contribution is 7.43. The zero-order valence-corrected chi connectivity index (χ0v) is 13.8. The third kappa shape index (κ3) is 5.18. The van der Waals surface area contributed by atoms with Crippen LogP contribution in [-0.2, 0) is 22.3 Å². The van der Waals surface area contributed by atoms with Crippen molar-refractivity contribution in [2.24, 2.45) is 0 Å². The summed E-state index contributed by atoms with van der Waals surface area (Å²) >= 11 is 0. The van der Waals surface area contributed by atoms with Gasteiger partial charge in [0.25, 0.3) is 0 Å². The van der Waals surface area contributed by atoms with E-state index >= 15 is 0 Å². The number of carbonyl (C=O) groups excluding carboxylic acids is 1. The lowest BCUT2D eigenvalue weighted by atomic mass is 9.98. The number of ether oxygens (including phenoxy) is 1. The molecule has 22 heavy (non-hydrogen) atoms. The largest absolute Gasteiger partial charge is 0.363 e. The van der Waals surface area contributed by atoms with E-state index in [-0.39, 0.29) is 12.1 Å². The van der Waals surface area contributed by atoms with Gasteiger partial charge < -0.3 is 4.74 Å². The van der Waals surface area contributed by atoms with Gasteiger partial charge in [0.15, 0.2) is 5.78 Å². The lowest BCUT2D eigenvalue weighted by molar-refractivity contribution is 0.101. The molecule has 4 heteroatoms. The average molecular weight is 315 g/mol. The molecule has 0 spiro atoms. The molecule has 0 radical (unpaired) electrons. The molecule has 0 saturated heterocycles. The minimum Gasteiger partial charge on any atom is -0.333 e. The van der Waals surface area contributed by atoms with Gasteiger partial charge in [-0.3, -0.25) is 4.79 Å². The molecule has 0 N–H and O–H groups in total. The molecule has 114 valence electrons. The minimum atomic E-state index is -1.30. The molecule has 1 unspecified atom stereocenters. The Hall–Kier alpha value is -1.83. The van der Waals surface area contributed by atoms with E-state index in [9.17, 15) is 9.36 Å². The fourth-order valence-electron chi connectivity index (χ4n) is 2.27. The minimum absolute atomic E-state index is 0.0396. The quantitative estimate of drug-likeness (QED) is 0.561. The summed E-state index contributed by atoms with van der Waals surface area (Å²) in [4.78, 5) is 11.7. The first-order chi connectivity index (χ1) is 10.5. The molecule has 2 aromatic rings. The number of benzene rings is 2. The summed E-state index contributed by atoms with van der Waals surface area (Å²) in [5.74, 6) is 0.0396. The van der Waals surface area contributed by atoms with Crippen molar-refractivity contribution < 1.29 is 14.1 Å². The Kier molecular flexibility index (Phi) is 6.00. The first-order valence-corrected chi connectivity index (χ1v) is 9.07. The van der Waals surface area contributed by atoms with Crippen molar-refractivity contribution in [3.05, 3.63) is 70.8 Å². The molecule has 0 fully saturated rings. The van der Waals surface area contributed by atoms with Crippen molar-refractivity contribution in [3.8, 4) is 0 Å². The van der Waals surface area contributed by atoms with E-state index in [0.717, 1.165) is 17.5 Å². The Labute approximate surface area is 132 Å². The number of carbonyl (C=O) groups is 1. The fourth-order valence-corrected chi connectivity index (χ4v) is 2.62. The van der Waals surface area contributed by atoms with Crippen LogP contribution < -0.4 is 0 Å². The van der Waals surface area contributed by atoms with Crippen LogP contribution in [0.15, 0.2) is 48.5 Å². The van der Waals surface area contributed by atoms with Crippen molar-refractivity contribution in [3.63, 3.8) is 0 Å². The average Bonchev–Trinajstić information content (AvgIpc) is 2.47. The maximum absolute atomic E-state index is 11.7. The SMILES string of the molecule is CC(=O)c1cc(COC[P+](C)=O)cc(Cc2ccccc2)c1. The van der Waals surface area contributed by atoms with Crippen LogP contribution in [0.2, 0.25) is 0 Å². The second kappa shape index (κ2) is 7.98. The van der Waals surface area contributed by atoms with Crippen molar-refractivity contribution in [2.75, 3.05) is 13.0 Å². The van der Waals surface area contributed by atoms with Crippen molar-refractivity contribution in [1.82, 2.24) is 0 Å². The molecule has 2 rings (SSSR count). The van der Waals surface area contributed by atoms with E-state index in [1.807, 2.05) is 36.4 Å². The van der Waals surface area contributed by atoms with Gasteiger partial charge >= 0.3 is 7.80 Å². The lowest BCUT2D eigenvalue weighted by Gasteiger charge is -2.08. The first kappa shape index (κ1) is 16.5. The maximum Gasteiger partial charge on any atom is 0.363 e. The van der Waals surface area contributed by atoms with E-state index in [4.69, 9.17) is 4.74 Å². The highest BCUT2D eigenvalue weighted by atomic mass is 31.1. The topological polar surface area (TPSA) is 43.4 Å². The Bertz CT molecular complexity index is 665. The number of hydrogen-bond donors (Lipinski definition) is 0. The molecule has 3 nitrogen and oxygen atoms in total. The predicted molar refractivity (Wildman–Crippen MR) is 88.9 cm³/mol. The summed E-state index contributed by atoms with van der Waals surface area (Å²) in [6, 6.07) is 16.0. The number of Topliss-reactive ketones (excluding diaryl/α,β-unsaturated/α-hetero) is 1. The van der Waals surface area contributed by atoms with E-state index < -0.39 is 7.80 Å².